The fraction of sp³-hybridized carbons (Fsp3) is 0.120. The Labute approximate surface area is 182 Å². The number of pyridine rings is 1. The zero-order chi connectivity index (χ0) is 22.7. The summed E-state index contributed by atoms with van der Waals surface area (Å²) < 4.78 is 31.9. The molecule has 0 aliphatic rings. The van der Waals surface area contributed by atoms with Crippen molar-refractivity contribution in [1.82, 2.24) is 9.88 Å². The number of nitrogens with zero attached hydrogens (tertiary/aromatic N) is 1. The number of aromatic amines is 1. The molecule has 0 spiro atoms. The minimum Gasteiger partial charge on any atom is -0.497 e. The van der Waals surface area contributed by atoms with Crippen molar-refractivity contribution in [3.63, 3.8) is 0 Å². The second-order valence-electron chi connectivity index (χ2n) is 7.37. The quantitative estimate of drug-likeness (QED) is 0.480. The van der Waals surface area contributed by atoms with Crippen molar-refractivity contribution >= 4 is 16.8 Å². The number of nitrogens with one attached hydrogen (secondary N) is 1. The Hall–Kier alpha value is -4.00. The van der Waals surface area contributed by atoms with Crippen LogP contribution in [0.2, 0.25) is 0 Å². The Balaban J connectivity index is 1.71. The van der Waals surface area contributed by atoms with Gasteiger partial charge in [-0.25, -0.2) is 8.78 Å². The van der Waals surface area contributed by atoms with Crippen molar-refractivity contribution in [3.8, 4) is 5.75 Å². The van der Waals surface area contributed by atoms with E-state index in [-0.39, 0.29) is 35.9 Å². The summed E-state index contributed by atoms with van der Waals surface area (Å²) in [4.78, 5) is 30.2. The van der Waals surface area contributed by atoms with Crippen LogP contribution in [0.3, 0.4) is 0 Å². The number of amides is 1. The summed E-state index contributed by atoms with van der Waals surface area (Å²) in [6.07, 6.45) is 0. The molecule has 1 amide bonds. The standard InChI is InChI=1S/C25H20F2N2O3/c1-32-22-10-11-23-18(13-22)12-19(24(30)28-23)15-29(14-16-2-6-20(26)7-3-16)25(31)17-4-8-21(27)9-5-17/h2-13H,14-15H2,1H3,(H,28,30). The minimum atomic E-state index is -0.452. The summed E-state index contributed by atoms with van der Waals surface area (Å²) in [5.41, 5.74) is 1.68. The lowest BCUT2D eigenvalue weighted by Crippen LogP contribution is -2.32. The fourth-order valence-electron chi connectivity index (χ4n) is 3.46. The van der Waals surface area contributed by atoms with Gasteiger partial charge in [0.05, 0.1) is 13.7 Å². The van der Waals surface area contributed by atoms with Crippen molar-refractivity contribution < 1.29 is 18.3 Å². The van der Waals surface area contributed by atoms with Gasteiger partial charge in [0.2, 0.25) is 0 Å². The molecule has 0 unspecified atom stereocenters. The molecule has 0 aliphatic carbocycles. The molecule has 0 bridgehead atoms. The molecular formula is C25H20F2N2O3. The first kappa shape index (κ1) is 21.2. The molecule has 1 N–H and O–H groups in total. The Kier molecular flexibility index (Phi) is 5.98. The maximum Gasteiger partial charge on any atom is 0.254 e. The molecular weight excluding hydrogens is 414 g/mol. The van der Waals surface area contributed by atoms with Crippen LogP contribution >= 0.6 is 0 Å². The van der Waals surface area contributed by atoms with Crippen LogP contribution in [0.1, 0.15) is 21.5 Å². The number of rotatable bonds is 6. The van der Waals surface area contributed by atoms with E-state index in [1.807, 2.05) is 0 Å². The van der Waals surface area contributed by atoms with E-state index in [0.29, 0.717) is 22.4 Å². The second kappa shape index (κ2) is 9.01. The number of hydrogen-bond acceptors (Lipinski definition) is 3. The minimum absolute atomic E-state index is 0.00999. The molecule has 0 radical (unpaired) electrons. The predicted molar refractivity (Wildman–Crippen MR) is 117 cm³/mol. The monoisotopic (exact) mass is 434 g/mol. The molecule has 4 aromatic rings. The summed E-state index contributed by atoms with van der Waals surface area (Å²) in [5.74, 6) is -0.572. The smallest absolute Gasteiger partial charge is 0.254 e. The Morgan fingerprint density at radius 3 is 2.22 bits per heavy atom. The number of halogens is 2. The van der Waals surface area contributed by atoms with Crippen LogP contribution < -0.4 is 10.3 Å². The van der Waals surface area contributed by atoms with Gasteiger partial charge in [0.1, 0.15) is 17.4 Å². The van der Waals surface area contributed by atoms with E-state index in [1.54, 1.807) is 43.5 Å². The lowest BCUT2D eigenvalue weighted by Gasteiger charge is -2.23. The van der Waals surface area contributed by atoms with Crippen LogP contribution in [-0.4, -0.2) is 22.9 Å². The molecule has 0 saturated carbocycles. The Bertz CT molecular complexity index is 1320. The highest BCUT2D eigenvalue weighted by Gasteiger charge is 2.19. The largest absolute Gasteiger partial charge is 0.497 e. The number of fused-ring (bicyclic) bond motifs is 1. The molecule has 162 valence electrons. The molecule has 0 aliphatic heterocycles. The first-order valence-corrected chi connectivity index (χ1v) is 9.92. The third kappa shape index (κ3) is 4.67. The zero-order valence-corrected chi connectivity index (χ0v) is 17.3. The van der Waals surface area contributed by atoms with Crippen molar-refractivity contribution in [2.24, 2.45) is 0 Å². The lowest BCUT2D eigenvalue weighted by molar-refractivity contribution is 0.0729. The summed E-state index contributed by atoms with van der Waals surface area (Å²) in [5, 5.41) is 0.759. The number of aromatic nitrogens is 1. The van der Waals surface area contributed by atoms with E-state index in [4.69, 9.17) is 4.74 Å². The lowest BCUT2D eigenvalue weighted by atomic mass is 10.1. The summed E-state index contributed by atoms with van der Waals surface area (Å²) >= 11 is 0. The number of methoxy groups -OCH3 is 1. The van der Waals surface area contributed by atoms with Crippen molar-refractivity contribution in [1.29, 1.82) is 0 Å². The van der Waals surface area contributed by atoms with Gasteiger partial charge in [-0.2, -0.15) is 0 Å². The van der Waals surface area contributed by atoms with E-state index in [9.17, 15) is 18.4 Å². The van der Waals surface area contributed by atoms with Gasteiger partial charge in [-0.1, -0.05) is 12.1 Å². The highest BCUT2D eigenvalue weighted by atomic mass is 19.1. The van der Waals surface area contributed by atoms with Gasteiger partial charge >= 0.3 is 0 Å². The molecule has 32 heavy (non-hydrogen) atoms. The molecule has 0 atom stereocenters. The highest BCUT2D eigenvalue weighted by Crippen LogP contribution is 2.20. The number of hydrogen-bond donors (Lipinski definition) is 1. The maximum atomic E-state index is 13.3. The van der Waals surface area contributed by atoms with E-state index in [2.05, 4.69) is 4.98 Å². The summed E-state index contributed by atoms with van der Waals surface area (Å²) in [7, 11) is 1.56. The summed E-state index contributed by atoms with van der Waals surface area (Å²) in [6.45, 7) is 0.155. The van der Waals surface area contributed by atoms with Crippen LogP contribution in [-0.2, 0) is 13.1 Å². The summed E-state index contributed by atoms with van der Waals surface area (Å²) in [6, 6.07) is 18.0. The number of H-pyrrole nitrogens is 1. The van der Waals surface area contributed by atoms with Gasteiger partial charge in [-0.05, 0) is 66.2 Å². The third-order valence-electron chi connectivity index (χ3n) is 5.15. The average molecular weight is 434 g/mol. The van der Waals surface area contributed by atoms with Crippen molar-refractivity contribution in [2.45, 2.75) is 13.1 Å². The first-order valence-electron chi connectivity index (χ1n) is 9.92. The van der Waals surface area contributed by atoms with E-state index >= 15 is 0 Å². The highest BCUT2D eigenvalue weighted by molar-refractivity contribution is 5.94. The van der Waals surface area contributed by atoms with E-state index < -0.39 is 5.82 Å². The first-order chi connectivity index (χ1) is 15.4. The van der Waals surface area contributed by atoms with Crippen molar-refractivity contribution in [3.05, 3.63) is 111 Å². The van der Waals surface area contributed by atoms with Gasteiger partial charge in [0.15, 0.2) is 0 Å². The van der Waals surface area contributed by atoms with Gasteiger partial charge in [-0.3, -0.25) is 9.59 Å². The second-order valence-corrected chi connectivity index (χ2v) is 7.37. The zero-order valence-electron chi connectivity index (χ0n) is 17.3. The van der Waals surface area contributed by atoms with Crippen LogP contribution in [0.4, 0.5) is 8.78 Å². The van der Waals surface area contributed by atoms with Gasteiger partial charge in [0, 0.05) is 28.6 Å². The molecule has 0 fully saturated rings. The average Bonchev–Trinajstić information content (AvgIpc) is 2.80. The predicted octanol–water partition coefficient (Wildman–Crippen LogP) is 4.66. The van der Waals surface area contributed by atoms with Crippen LogP contribution in [0.5, 0.6) is 5.75 Å². The van der Waals surface area contributed by atoms with Crippen molar-refractivity contribution in [2.75, 3.05) is 7.11 Å². The molecule has 1 aromatic heterocycles. The number of carbonyl (C=O) groups excluding carboxylic acids is 1. The molecule has 7 heteroatoms. The van der Waals surface area contributed by atoms with Crippen LogP contribution in [0.15, 0.2) is 77.6 Å². The van der Waals surface area contributed by atoms with Crippen LogP contribution in [0.25, 0.3) is 10.9 Å². The fourth-order valence-corrected chi connectivity index (χ4v) is 3.46. The molecule has 0 saturated heterocycles. The number of benzene rings is 3. The SMILES string of the molecule is COc1ccc2[nH]c(=O)c(CN(Cc3ccc(F)cc3)C(=O)c3ccc(F)cc3)cc2c1. The molecule has 1 heterocycles. The van der Waals surface area contributed by atoms with Gasteiger partial charge in [-0.15, -0.1) is 0 Å². The Morgan fingerprint density at radius 2 is 1.56 bits per heavy atom. The molecule has 5 nitrogen and oxygen atoms in total. The number of carbonyl (C=O) groups is 1. The normalized spacial score (nSPS) is 10.8. The van der Waals surface area contributed by atoms with E-state index in [0.717, 1.165) is 5.39 Å². The Morgan fingerprint density at radius 1 is 0.906 bits per heavy atom. The number of ether oxygens (including phenoxy) is 1. The third-order valence-corrected chi connectivity index (χ3v) is 5.15. The molecule has 4 rings (SSSR count). The van der Waals surface area contributed by atoms with Gasteiger partial charge < -0.3 is 14.6 Å². The van der Waals surface area contributed by atoms with Crippen LogP contribution in [0, 0.1) is 11.6 Å². The molecule has 3 aromatic carbocycles. The van der Waals surface area contributed by atoms with Gasteiger partial charge in [0.25, 0.3) is 11.5 Å². The topological polar surface area (TPSA) is 62.4 Å². The van der Waals surface area contributed by atoms with E-state index in [1.165, 1.54) is 41.3 Å². The maximum absolute atomic E-state index is 13.3.